The first kappa shape index (κ1) is 15.1. The third kappa shape index (κ3) is 4.61. The van der Waals surface area contributed by atoms with Crippen molar-refractivity contribution in [2.24, 2.45) is 0 Å². The summed E-state index contributed by atoms with van der Waals surface area (Å²) in [4.78, 5) is 11.2. The minimum atomic E-state index is -0.0652. The predicted molar refractivity (Wildman–Crippen MR) is 85.2 cm³/mol. The smallest absolute Gasteiger partial charge is 0.221 e. The van der Waals surface area contributed by atoms with Gasteiger partial charge in [0.15, 0.2) is 0 Å². The highest BCUT2D eigenvalue weighted by Gasteiger charge is 2.03. The van der Waals surface area contributed by atoms with E-state index in [1.807, 2.05) is 42.5 Å². The van der Waals surface area contributed by atoms with E-state index in [4.69, 9.17) is 4.74 Å². The third-order valence-electron chi connectivity index (χ3n) is 3.05. The largest absolute Gasteiger partial charge is 0.381 e. The fourth-order valence-electron chi connectivity index (χ4n) is 2.12. The Balaban J connectivity index is 2.06. The minimum Gasteiger partial charge on any atom is -0.381 e. The lowest BCUT2D eigenvalue weighted by atomic mass is 10.1. The van der Waals surface area contributed by atoms with Crippen LogP contribution in [0.15, 0.2) is 48.5 Å². The number of ether oxygens (including phenoxy) is 1. The molecule has 0 spiro atoms. The average molecular weight is 284 g/mol. The van der Waals surface area contributed by atoms with Crippen molar-refractivity contribution < 1.29 is 9.53 Å². The molecule has 0 saturated carbocycles. The monoisotopic (exact) mass is 284 g/mol. The van der Waals surface area contributed by atoms with Gasteiger partial charge >= 0.3 is 0 Å². The van der Waals surface area contributed by atoms with E-state index in [2.05, 4.69) is 16.7 Å². The molecule has 0 aromatic heterocycles. The highest BCUT2D eigenvalue weighted by Crippen LogP contribution is 2.18. The molecule has 0 aliphatic heterocycles. The molecule has 0 fully saturated rings. The molecule has 4 nitrogen and oxygen atoms in total. The van der Waals surface area contributed by atoms with Crippen LogP contribution in [0.25, 0.3) is 0 Å². The van der Waals surface area contributed by atoms with Crippen LogP contribution in [0.1, 0.15) is 18.1 Å². The summed E-state index contributed by atoms with van der Waals surface area (Å²) in [5.74, 6) is -0.0652. The maximum absolute atomic E-state index is 11.2. The molecule has 2 rings (SSSR count). The lowest BCUT2D eigenvalue weighted by molar-refractivity contribution is -0.114. The number of carbonyl (C=O) groups is 1. The van der Waals surface area contributed by atoms with Gasteiger partial charge in [0.25, 0.3) is 0 Å². The summed E-state index contributed by atoms with van der Waals surface area (Å²) < 4.78 is 5.13. The molecule has 0 atom stereocenters. The molecule has 21 heavy (non-hydrogen) atoms. The number of amides is 1. The zero-order valence-corrected chi connectivity index (χ0v) is 12.3. The van der Waals surface area contributed by atoms with Gasteiger partial charge in [-0.05, 0) is 29.3 Å². The average Bonchev–Trinajstić information content (AvgIpc) is 2.47. The molecule has 2 N–H and O–H groups in total. The topological polar surface area (TPSA) is 50.4 Å². The Labute approximate surface area is 125 Å². The Bertz CT molecular complexity index is 611. The Kier molecular flexibility index (Phi) is 5.35. The molecule has 0 saturated heterocycles. The molecule has 2 aromatic rings. The number of hydrogen-bond acceptors (Lipinski definition) is 3. The van der Waals surface area contributed by atoms with Crippen molar-refractivity contribution in [2.45, 2.75) is 20.1 Å². The van der Waals surface area contributed by atoms with E-state index in [0.717, 1.165) is 22.5 Å². The van der Waals surface area contributed by atoms with Gasteiger partial charge in [-0.1, -0.05) is 30.3 Å². The van der Waals surface area contributed by atoms with E-state index >= 15 is 0 Å². The first-order valence-electron chi connectivity index (χ1n) is 6.86. The van der Waals surface area contributed by atoms with Gasteiger partial charge in [-0.2, -0.15) is 0 Å². The summed E-state index contributed by atoms with van der Waals surface area (Å²) in [7, 11) is 1.68. The van der Waals surface area contributed by atoms with E-state index in [-0.39, 0.29) is 5.91 Å². The van der Waals surface area contributed by atoms with Crippen LogP contribution in [0.2, 0.25) is 0 Å². The van der Waals surface area contributed by atoms with E-state index in [1.54, 1.807) is 7.11 Å². The zero-order chi connectivity index (χ0) is 15.1. The van der Waals surface area contributed by atoms with Crippen molar-refractivity contribution in [3.63, 3.8) is 0 Å². The fraction of sp³-hybridized carbons (Fsp3) is 0.235. The van der Waals surface area contributed by atoms with Crippen molar-refractivity contribution in [2.75, 3.05) is 17.7 Å². The van der Waals surface area contributed by atoms with Crippen LogP contribution >= 0.6 is 0 Å². The van der Waals surface area contributed by atoms with E-state index in [9.17, 15) is 4.79 Å². The molecular weight excluding hydrogens is 264 g/mol. The Morgan fingerprint density at radius 2 is 1.95 bits per heavy atom. The van der Waals surface area contributed by atoms with Gasteiger partial charge < -0.3 is 15.4 Å². The highest BCUT2D eigenvalue weighted by molar-refractivity contribution is 5.89. The molecule has 4 heteroatoms. The number of hydrogen-bond donors (Lipinski definition) is 2. The second kappa shape index (κ2) is 7.45. The Hall–Kier alpha value is -2.33. The molecule has 0 aliphatic carbocycles. The van der Waals surface area contributed by atoms with Gasteiger partial charge in [0.1, 0.15) is 0 Å². The van der Waals surface area contributed by atoms with Crippen molar-refractivity contribution >= 4 is 17.3 Å². The van der Waals surface area contributed by atoms with Crippen molar-refractivity contribution in [3.8, 4) is 0 Å². The SMILES string of the molecule is COCc1cccc(NCc2ccccc2NC(C)=O)c1. The van der Waals surface area contributed by atoms with Gasteiger partial charge in [-0.25, -0.2) is 0 Å². The van der Waals surface area contributed by atoms with Crippen LogP contribution in [0.4, 0.5) is 11.4 Å². The van der Waals surface area contributed by atoms with Crippen LogP contribution in [-0.2, 0) is 22.7 Å². The summed E-state index contributed by atoms with van der Waals surface area (Å²) in [6, 6.07) is 15.9. The number of para-hydroxylation sites is 1. The summed E-state index contributed by atoms with van der Waals surface area (Å²) in [6.07, 6.45) is 0. The molecule has 0 heterocycles. The van der Waals surface area contributed by atoms with Gasteiger partial charge in [0, 0.05) is 32.0 Å². The quantitative estimate of drug-likeness (QED) is 0.854. The number of carbonyl (C=O) groups excluding carboxylic acids is 1. The minimum absolute atomic E-state index is 0.0652. The van der Waals surface area contributed by atoms with Crippen LogP contribution < -0.4 is 10.6 Å². The van der Waals surface area contributed by atoms with E-state index in [0.29, 0.717) is 13.2 Å². The van der Waals surface area contributed by atoms with E-state index in [1.165, 1.54) is 6.92 Å². The zero-order valence-electron chi connectivity index (χ0n) is 12.3. The predicted octanol–water partition coefficient (Wildman–Crippen LogP) is 3.40. The number of benzene rings is 2. The molecule has 110 valence electrons. The summed E-state index contributed by atoms with van der Waals surface area (Å²) >= 11 is 0. The molecule has 0 radical (unpaired) electrons. The molecule has 0 unspecified atom stereocenters. The first-order valence-corrected chi connectivity index (χ1v) is 6.86. The molecule has 2 aromatic carbocycles. The lowest BCUT2D eigenvalue weighted by Gasteiger charge is -2.12. The van der Waals surface area contributed by atoms with Crippen LogP contribution in [0.3, 0.4) is 0 Å². The number of methoxy groups -OCH3 is 1. The summed E-state index contributed by atoms with van der Waals surface area (Å²) in [6.45, 7) is 2.75. The molecular formula is C17H20N2O2. The maximum Gasteiger partial charge on any atom is 0.221 e. The van der Waals surface area contributed by atoms with Gasteiger partial charge in [-0.15, -0.1) is 0 Å². The molecule has 0 bridgehead atoms. The third-order valence-corrected chi connectivity index (χ3v) is 3.05. The number of rotatable bonds is 6. The van der Waals surface area contributed by atoms with Crippen LogP contribution in [0.5, 0.6) is 0 Å². The fourth-order valence-corrected chi connectivity index (χ4v) is 2.12. The maximum atomic E-state index is 11.2. The van der Waals surface area contributed by atoms with Gasteiger partial charge in [-0.3, -0.25) is 4.79 Å². The number of nitrogens with one attached hydrogen (secondary N) is 2. The Morgan fingerprint density at radius 3 is 2.71 bits per heavy atom. The summed E-state index contributed by atoms with van der Waals surface area (Å²) in [5.41, 5.74) is 4.04. The van der Waals surface area contributed by atoms with Crippen molar-refractivity contribution in [1.82, 2.24) is 0 Å². The Morgan fingerprint density at radius 1 is 1.14 bits per heavy atom. The highest BCUT2D eigenvalue weighted by atomic mass is 16.5. The molecule has 0 aliphatic rings. The second-order valence-corrected chi connectivity index (χ2v) is 4.83. The standard InChI is InChI=1S/C17H20N2O2/c1-13(20)19-17-9-4-3-7-15(17)11-18-16-8-5-6-14(10-16)12-21-2/h3-10,18H,11-12H2,1-2H3,(H,19,20). The summed E-state index contributed by atoms with van der Waals surface area (Å²) in [5, 5.41) is 6.21. The van der Waals surface area contributed by atoms with Crippen molar-refractivity contribution in [3.05, 3.63) is 59.7 Å². The van der Waals surface area contributed by atoms with Gasteiger partial charge in [0.2, 0.25) is 5.91 Å². The first-order chi connectivity index (χ1) is 10.2. The van der Waals surface area contributed by atoms with Gasteiger partial charge in [0.05, 0.1) is 6.61 Å². The normalized spacial score (nSPS) is 10.2. The van der Waals surface area contributed by atoms with Crippen LogP contribution in [0, 0.1) is 0 Å². The van der Waals surface area contributed by atoms with E-state index < -0.39 is 0 Å². The second-order valence-electron chi connectivity index (χ2n) is 4.83. The molecule has 1 amide bonds. The van der Waals surface area contributed by atoms with Crippen molar-refractivity contribution in [1.29, 1.82) is 0 Å². The number of anilines is 2. The lowest BCUT2D eigenvalue weighted by Crippen LogP contribution is -2.10. The van der Waals surface area contributed by atoms with Crippen LogP contribution in [-0.4, -0.2) is 13.0 Å².